The van der Waals surface area contributed by atoms with Crippen molar-refractivity contribution in [2.75, 3.05) is 10.6 Å². The van der Waals surface area contributed by atoms with Gasteiger partial charge >= 0.3 is 0 Å². The van der Waals surface area contributed by atoms with Gasteiger partial charge < -0.3 is 15.6 Å². The van der Waals surface area contributed by atoms with Crippen LogP contribution in [0.1, 0.15) is 32.3 Å². The predicted molar refractivity (Wildman–Crippen MR) is 110 cm³/mol. The van der Waals surface area contributed by atoms with E-state index in [4.69, 9.17) is 0 Å². The molecule has 0 fully saturated rings. The van der Waals surface area contributed by atoms with Crippen molar-refractivity contribution in [3.63, 3.8) is 0 Å². The first kappa shape index (κ1) is 18.7. The molecular formula is C22H25N3O2. The molecule has 0 bridgehead atoms. The molecule has 0 saturated heterocycles. The quantitative estimate of drug-likeness (QED) is 0.568. The fourth-order valence-electron chi connectivity index (χ4n) is 2.92. The summed E-state index contributed by atoms with van der Waals surface area (Å²) < 4.78 is 0. The largest absolute Gasteiger partial charge is 0.361 e. The zero-order chi connectivity index (χ0) is 19.2. The Bertz CT molecular complexity index is 926. The number of para-hydroxylation sites is 1. The molecule has 0 radical (unpaired) electrons. The van der Waals surface area contributed by atoms with Crippen LogP contribution in [0.2, 0.25) is 0 Å². The number of rotatable bonds is 7. The van der Waals surface area contributed by atoms with Gasteiger partial charge in [0.15, 0.2) is 0 Å². The fraction of sp³-hybridized carbons (Fsp3) is 0.273. The van der Waals surface area contributed by atoms with Crippen LogP contribution < -0.4 is 10.6 Å². The number of aryl methyl sites for hydroxylation is 1. The standard InChI is InChI=1S/C22H25N3O2/c1-15(2)22(27)25-18-12-10-17(11-13-18)24-21(26)9-5-6-16-14-23-20-8-4-3-7-19(16)20/h3-4,7-8,10-15,23H,5-6,9H2,1-2H3,(H,24,26)(H,25,27). The van der Waals surface area contributed by atoms with Crippen LogP contribution in [0, 0.1) is 5.92 Å². The third-order valence-corrected chi connectivity index (χ3v) is 4.49. The number of carbonyl (C=O) groups excluding carboxylic acids is 2. The molecule has 3 rings (SSSR count). The third kappa shape index (κ3) is 4.97. The Labute approximate surface area is 159 Å². The molecule has 3 aromatic rings. The van der Waals surface area contributed by atoms with E-state index < -0.39 is 0 Å². The summed E-state index contributed by atoms with van der Waals surface area (Å²) in [5, 5.41) is 6.95. The van der Waals surface area contributed by atoms with Crippen LogP contribution in [0.5, 0.6) is 0 Å². The number of fused-ring (bicyclic) bond motifs is 1. The minimum atomic E-state index is -0.0680. The Morgan fingerprint density at radius 3 is 2.33 bits per heavy atom. The van der Waals surface area contributed by atoms with Gasteiger partial charge in [-0.1, -0.05) is 32.0 Å². The summed E-state index contributed by atoms with van der Waals surface area (Å²) >= 11 is 0. The van der Waals surface area contributed by atoms with Crippen LogP contribution in [-0.4, -0.2) is 16.8 Å². The second-order valence-corrected chi connectivity index (χ2v) is 6.98. The van der Waals surface area contributed by atoms with Crippen molar-refractivity contribution in [1.82, 2.24) is 4.98 Å². The normalized spacial score (nSPS) is 10.9. The van der Waals surface area contributed by atoms with Crippen molar-refractivity contribution in [2.45, 2.75) is 33.1 Å². The third-order valence-electron chi connectivity index (χ3n) is 4.49. The van der Waals surface area contributed by atoms with Crippen LogP contribution in [0.4, 0.5) is 11.4 Å². The lowest BCUT2D eigenvalue weighted by Gasteiger charge is -2.09. The van der Waals surface area contributed by atoms with Crippen molar-refractivity contribution in [3.05, 3.63) is 60.3 Å². The van der Waals surface area contributed by atoms with Gasteiger partial charge in [0.1, 0.15) is 0 Å². The molecule has 0 spiro atoms. The summed E-state index contributed by atoms with van der Waals surface area (Å²) in [6, 6.07) is 15.4. The molecule has 3 N–H and O–H groups in total. The minimum Gasteiger partial charge on any atom is -0.361 e. The highest BCUT2D eigenvalue weighted by Gasteiger charge is 2.08. The van der Waals surface area contributed by atoms with Crippen molar-refractivity contribution < 1.29 is 9.59 Å². The second kappa shape index (κ2) is 8.54. The smallest absolute Gasteiger partial charge is 0.226 e. The Balaban J connectivity index is 1.47. The lowest BCUT2D eigenvalue weighted by atomic mass is 10.1. The average Bonchev–Trinajstić information content (AvgIpc) is 3.06. The molecule has 2 aromatic carbocycles. The van der Waals surface area contributed by atoms with Crippen LogP contribution in [-0.2, 0) is 16.0 Å². The van der Waals surface area contributed by atoms with Gasteiger partial charge in [-0.2, -0.15) is 0 Å². The number of aromatic amines is 1. The fourth-order valence-corrected chi connectivity index (χ4v) is 2.92. The van der Waals surface area contributed by atoms with Gasteiger partial charge in [0, 0.05) is 40.8 Å². The number of amides is 2. The van der Waals surface area contributed by atoms with E-state index in [1.807, 2.05) is 32.2 Å². The van der Waals surface area contributed by atoms with E-state index in [9.17, 15) is 9.59 Å². The lowest BCUT2D eigenvalue weighted by molar-refractivity contribution is -0.119. The summed E-state index contributed by atoms with van der Waals surface area (Å²) in [6.45, 7) is 3.69. The molecule has 1 aromatic heterocycles. The number of aromatic nitrogens is 1. The zero-order valence-electron chi connectivity index (χ0n) is 15.7. The maximum atomic E-state index is 12.2. The zero-order valence-corrected chi connectivity index (χ0v) is 15.7. The Morgan fingerprint density at radius 1 is 0.963 bits per heavy atom. The van der Waals surface area contributed by atoms with Gasteiger partial charge in [-0.05, 0) is 48.7 Å². The first-order chi connectivity index (χ1) is 13.0. The molecule has 0 aliphatic rings. The number of carbonyl (C=O) groups is 2. The molecular weight excluding hydrogens is 338 g/mol. The van der Waals surface area contributed by atoms with Crippen LogP contribution in [0.25, 0.3) is 10.9 Å². The van der Waals surface area contributed by atoms with Crippen LogP contribution >= 0.6 is 0 Å². The highest BCUT2D eigenvalue weighted by molar-refractivity contribution is 5.93. The number of benzene rings is 2. The van der Waals surface area contributed by atoms with E-state index in [0.29, 0.717) is 6.42 Å². The first-order valence-electron chi connectivity index (χ1n) is 9.28. The lowest BCUT2D eigenvalue weighted by Crippen LogP contribution is -2.17. The van der Waals surface area contributed by atoms with E-state index in [0.717, 1.165) is 29.7 Å². The van der Waals surface area contributed by atoms with Crippen molar-refractivity contribution in [3.8, 4) is 0 Å². The van der Waals surface area contributed by atoms with Gasteiger partial charge in [-0.3, -0.25) is 9.59 Å². The molecule has 140 valence electrons. The maximum absolute atomic E-state index is 12.2. The van der Waals surface area contributed by atoms with Gasteiger partial charge in [0.05, 0.1) is 0 Å². The van der Waals surface area contributed by atoms with Crippen molar-refractivity contribution >= 4 is 34.1 Å². The van der Waals surface area contributed by atoms with Gasteiger partial charge in [0.25, 0.3) is 0 Å². The van der Waals surface area contributed by atoms with E-state index >= 15 is 0 Å². The Morgan fingerprint density at radius 2 is 1.63 bits per heavy atom. The van der Waals surface area contributed by atoms with E-state index in [2.05, 4.69) is 27.8 Å². The number of anilines is 2. The van der Waals surface area contributed by atoms with E-state index in [1.54, 1.807) is 24.3 Å². The summed E-state index contributed by atoms with van der Waals surface area (Å²) in [4.78, 5) is 27.1. The van der Waals surface area contributed by atoms with Crippen molar-refractivity contribution in [2.24, 2.45) is 5.92 Å². The number of H-pyrrole nitrogens is 1. The molecule has 0 unspecified atom stereocenters. The number of nitrogens with one attached hydrogen (secondary N) is 3. The monoisotopic (exact) mass is 363 g/mol. The first-order valence-corrected chi connectivity index (χ1v) is 9.28. The molecule has 0 aliphatic carbocycles. The summed E-state index contributed by atoms with van der Waals surface area (Å²) in [6.07, 6.45) is 4.13. The molecule has 1 heterocycles. The summed E-state index contributed by atoms with van der Waals surface area (Å²) in [5.74, 6) is -0.0978. The van der Waals surface area contributed by atoms with Gasteiger partial charge in [0.2, 0.25) is 11.8 Å². The van der Waals surface area contributed by atoms with E-state index in [-0.39, 0.29) is 17.7 Å². The number of hydrogen-bond donors (Lipinski definition) is 3. The van der Waals surface area contributed by atoms with E-state index in [1.165, 1.54) is 10.9 Å². The molecule has 0 saturated carbocycles. The van der Waals surface area contributed by atoms with Gasteiger partial charge in [-0.15, -0.1) is 0 Å². The Kier molecular flexibility index (Phi) is 5.91. The maximum Gasteiger partial charge on any atom is 0.226 e. The molecule has 27 heavy (non-hydrogen) atoms. The highest BCUT2D eigenvalue weighted by Crippen LogP contribution is 2.20. The predicted octanol–water partition coefficient (Wildman–Crippen LogP) is 4.72. The molecule has 5 heteroatoms. The summed E-state index contributed by atoms with van der Waals surface area (Å²) in [5.41, 5.74) is 3.82. The highest BCUT2D eigenvalue weighted by atomic mass is 16.2. The second-order valence-electron chi connectivity index (χ2n) is 6.98. The van der Waals surface area contributed by atoms with Gasteiger partial charge in [-0.25, -0.2) is 0 Å². The Hall–Kier alpha value is -3.08. The van der Waals surface area contributed by atoms with Crippen LogP contribution in [0.15, 0.2) is 54.7 Å². The molecule has 0 aliphatic heterocycles. The SMILES string of the molecule is CC(C)C(=O)Nc1ccc(NC(=O)CCCc2c[nH]c3ccccc23)cc1. The van der Waals surface area contributed by atoms with Crippen LogP contribution in [0.3, 0.4) is 0 Å². The average molecular weight is 363 g/mol. The molecule has 0 atom stereocenters. The topological polar surface area (TPSA) is 74.0 Å². The number of hydrogen-bond acceptors (Lipinski definition) is 2. The molecule has 5 nitrogen and oxygen atoms in total. The molecule has 2 amide bonds. The summed E-state index contributed by atoms with van der Waals surface area (Å²) in [7, 11) is 0. The minimum absolute atomic E-state index is 0.00573. The van der Waals surface area contributed by atoms with Crippen molar-refractivity contribution in [1.29, 1.82) is 0 Å².